The Morgan fingerprint density at radius 3 is 2.67 bits per heavy atom. The maximum Gasteiger partial charge on any atom is 0.338 e. The molecule has 1 aromatic carbocycles. The van der Waals surface area contributed by atoms with Crippen molar-refractivity contribution in [1.82, 2.24) is 10.2 Å². The van der Waals surface area contributed by atoms with Crippen LogP contribution in [0.2, 0.25) is 0 Å². The van der Waals surface area contributed by atoms with Crippen LogP contribution in [0.25, 0.3) is 0 Å². The van der Waals surface area contributed by atoms with Gasteiger partial charge in [-0.25, -0.2) is 9.59 Å². The second-order valence-electron chi connectivity index (χ2n) is 8.23. The molecule has 162 valence electrons. The fourth-order valence-electron chi connectivity index (χ4n) is 3.54. The summed E-state index contributed by atoms with van der Waals surface area (Å²) in [4.78, 5) is 39.5. The van der Waals surface area contributed by atoms with Gasteiger partial charge in [0.05, 0.1) is 17.7 Å². The molecule has 1 heterocycles. The lowest BCUT2D eigenvalue weighted by atomic mass is 9.94. The number of urea groups is 1. The third kappa shape index (κ3) is 5.01. The monoisotopic (exact) mass is 413 g/mol. The third-order valence-electron chi connectivity index (χ3n) is 5.33. The van der Waals surface area contributed by atoms with E-state index in [1.807, 2.05) is 24.3 Å². The normalized spacial score (nSPS) is 19.0. The molecule has 1 saturated carbocycles. The first-order chi connectivity index (χ1) is 14.3. The van der Waals surface area contributed by atoms with Crippen LogP contribution in [0.1, 0.15) is 65.0 Å². The van der Waals surface area contributed by atoms with Crippen molar-refractivity contribution in [3.8, 4) is 0 Å². The van der Waals surface area contributed by atoms with E-state index < -0.39 is 12.0 Å². The van der Waals surface area contributed by atoms with Gasteiger partial charge in [0.15, 0.2) is 0 Å². The molecule has 1 fully saturated rings. The maximum absolute atomic E-state index is 13.0. The summed E-state index contributed by atoms with van der Waals surface area (Å²) in [6.07, 6.45) is 3.35. The van der Waals surface area contributed by atoms with Crippen LogP contribution in [-0.2, 0) is 14.3 Å². The van der Waals surface area contributed by atoms with Gasteiger partial charge >= 0.3 is 12.0 Å². The molecule has 0 radical (unpaired) electrons. The average Bonchev–Trinajstić information content (AvgIpc) is 3.52. The van der Waals surface area contributed by atoms with Gasteiger partial charge in [-0.2, -0.15) is 0 Å². The van der Waals surface area contributed by atoms with Gasteiger partial charge in [-0.1, -0.05) is 25.5 Å². The van der Waals surface area contributed by atoms with Crippen LogP contribution in [0.15, 0.2) is 35.5 Å². The summed E-state index contributed by atoms with van der Waals surface area (Å²) >= 11 is 0. The number of carbonyl (C=O) groups is 3. The molecule has 0 aromatic heterocycles. The lowest BCUT2D eigenvalue weighted by Crippen LogP contribution is -2.48. The predicted molar refractivity (Wildman–Crippen MR) is 115 cm³/mol. The summed E-state index contributed by atoms with van der Waals surface area (Å²) in [5, 5.41) is 5.88. The maximum atomic E-state index is 13.0. The number of rotatable bonds is 8. The van der Waals surface area contributed by atoms with Gasteiger partial charge in [0, 0.05) is 23.8 Å². The van der Waals surface area contributed by atoms with Crippen LogP contribution >= 0.6 is 0 Å². The number of nitrogens with zero attached hydrogens (tertiary/aromatic N) is 1. The molecule has 2 aliphatic rings. The minimum Gasteiger partial charge on any atom is -0.459 e. The molecule has 7 heteroatoms. The Labute approximate surface area is 177 Å². The Morgan fingerprint density at radius 1 is 1.30 bits per heavy atom. The summed E-state index contributed by atoms with van der Waals surface area (Å²) in [5.74, 6) is -0.341. The van der Waals surface area contributed by atoms with Crippen molar-refractivity contribution in [3.63, 3.8) is 0 Å². The first kappa shape index (κ1) is 21.9. The van der Waals surface area contributed by atoms with Crippen molar-refractivity contribution in [3.05, 3.63) is 41.1 Å². The van der Waals surface area contributed by atoms with Gasteiger partial charge in [0.1, 0.15) is 0 Å². The quantitative estimate of drug-likeness (QED) is 0.628. The summed E-state index contributed by atoms with van der Waals surface area (Å²) in [5.41, 5.74) is 2.41. The molecular formula is C23H31N3O4. The summed E-state index contributed by atoms with van der Waals surface area (Å²) < 4.78 is 5.49. The Bertz CT molecular complexity index is 858. The standard InChI is InChI=1S/C23H31N3O4/c1-5-6-12-26-15(4)19(22(28)30-14(2)3)20(25-23(26)29)17-8-7-9-18(13-17)24-21(27)16-10-11-16/h7-9,13-14,16,20H,5-6,10-12H2,1-4H3,(H,24,27)(H,25,29). The van der Waals surface area contributed by atoms with Gasteiger partial charge < -0.3 is 15.4 Å². The topological polar surface area (TPSA) is 87.7 Å². The largest absolute Gasteiger partial charge is 0.459 e. The predicted octanol–water partition coefficient (Wildman–Crippen LogP) is 4.13. The van der Waals surface area contributed by atoms with Crippen molar-refractivity contribution < 1.29 is 19.1 Å². The zero-order valence-electron chi connectivity index (χ0n) is 18.2. The van der Waals surface area contributed by atoms with E-state index in [2.05, 4.69) is 17.6 Å². The number of allylic oxidation sites excluding steroid dienone is 1. The highest BCUT2D eigenvalue weighted by Crippen LogP contribution is 2.34. The molecule has 1 aliphatic carbocycles. The van der Waals surface area contributed by atoms with Crippen molar-refractivity contribution in [2.24, 2.45) is 5.92 Å². The zero-order chi connectivity index (χ0) is 21.8. The molecule has 3 rings (SSSR count). The van der Waals surface area contributed by atoms with E-state index in [9.17, 15) is 14.4 Å². The first-order valence-corrected chi connectivity index (χ1v) is 10.7. The molecule has 0 bridgehead atoms. The number of esters is 1. The number of carbonyl (C=O) groups excluding carboxylic acids is 3. The highest BCUT2D eigenvalue weighted by atomic mass is 16.5. The van der Waals surface area contributed by atoms with E-state index in [4.69, 9.17) is 4.74 Å². The van der Waals surface area contributed by atoms with Crippen LogP contribution in [0.5, 0.6) is 0 Å². The highest BCUT2D eigenvalue weighted by Gasteiger charge is 2.37. The van der Waals surface area contributed by atoms with Crippen molar-refractivity contribution in [2.75, 3.05) is 11.9 Å². The molecule has 3 amide bonds. The minimum atomic E-state index is -0.639. The second-order valence-corrected chi connectivity index (χ2v) is 8.23. The minimum absolute atomic E-state index is 0.0109. The number of benzene rings is 1. The summed E-state index contributed by atoms with van der Waals surface area (Å²) in [7, 11) is 0. The van der Waals surface area contributed by atoms with Gasteiger partial charge in [0.2, 0.25) is 5.91 Å². The molecule has 30 heavy (non-hydrogen) atoms. The molecule has 1 aromatic rings. The molecule has 7 nitrogen and oxygen atoms in total. The summed E-state index contributed by atoms with van der Waals surface area (Å²) in [6.45, 7) is 7.98. The molecule has 0 saturated heterocycles. The number of nitrogens with one attached hydrogen (secondary N) is 2. The molecular weight excluding hydrogens is 382 g/mol. The smallest absolute Gasteiger partial charge is 0.338 e. The second kappa shape index (κ2) is 9.32. The van der Waals surface area contributed by atoms with Crippen molar-refractivity contribution in [1.29, 1.82) is 0 Å². The number of amides is 3. The number of hydrogen-bond acceptors (Lipinski definition) is 4. The Hall–Kier alpha value is -2.83. The Morgan fingerprint density at radius 2 is 2.03 bits per heavy atom. The van der Waals surface area contributed by atoms with E-state index in [-0.39, 0.29) is 24.0 Å². The fourth-order valence-corrected chi connectivity index (χ4v) is 3.54. The van der Waals surface area contributed by atoms with Crippen LogP contribution in [0.4, 0.5) is 10.5 Å². The lowest BCUT2D eigenvalue weighted by Gasteiger charge is -2.35. The van der Waals surface area contributed by atoms with E-state index in [0.29, 0.717) is 23.5 Å². The van der Waals surface area contributed by atoms with Gasteiger partial charge in [-0.15, -0.1) is 0 Å². The van der Waals surface area contributed by atoms with Gasteiger partial charge in [0.25, 0.3) is 0 Å². The van der Waals surface area contributed by atoms with Crippen LogP contribution in [0.3, 0.4) is 0 Å². The molecule has 0 spiro atoms. The highest BCUT2D eigenvalue weighted by molar-refractivity contribution is 5.96. The van der Waals surface area contributed by atoms with Crippen LogP contribution < -0.4 is 10.6 Å². The van der Waals surface area contributed by atoms with E-state index >= 15 is 0 Å². The number of hydrogen-bond donors (Lipinski definition) is 2. The Balaban J connectivity index is 1.94. The van der Waals surface area contributed by atoms with Crippen LogP contribution in [0, 0.1) is 5.92 Å². The average molecular weight is 414 g/mol. The Kier molecular flexibility index (Phi) is 6.80. The SMILES string of the molecule is CCCCN1C(=O)NC(c2cccc(NC(=O)C3CC3)c2)C(C(=O)OC(C)C)=C1C. The molecule has 1 atom stereocenters. The lowest BCUT2D eigenvalue weighted by molar-refractivity contribution is -0.143. The van der Waals surface area contributed by atoms with Gasteiger partial charge in [-0.3, -0.25) is 9.69 Å². The van der Waals surface area contributed by atoms with E-state index in [1.54, 1.807) is 25.7 Å². The number of ether oxygens (including phenoxy) is 1. The van der Waals surface area contributed by atoms with E-state index in [1.165, 1.54) is 0 Å². The van der Waals surface area contributed by atoms with Crippen molar-refractivity contribution >= 4 is 23.6 Å². The first-order valence-electron chi connectivity index (χ1n) is 10.7. The van der Waals surface area contributed by atoms with Gasteiger partial charge in [-0.05, 0) is 57.7 Å². The number of anilines is 1. The van der Waals surface area contributed by atoms with Crippen molar-refractivity contribution in [2.45, 2.75) is 65.5 Å². The van der Waals surface area contributed by atoms with Crippen LogP contribution in [-0.4, -0.2) is 35.5 Å². The summed E-state index contributed by atoms with van der Waals surface area (Å²) in [6, 6.07) is 6.40. The molecule has 1 aliphatic heterocycles. The molecule has 2 N–H and O–H groups in total. The fraction of sp³-hybridized carbons (Fsp3) is 0.522. The van der Waals surface area contributed by atoms with E-state index in [0.717, 1.165) is 31.2 Å². The zero-order valence-corrected chi connectivity index (χ0v) is 18.2. The molecule has 1 unspecified atom stereocenters. The number of unbranched alkanes of at least 4 members (excludes halogenated alkanes) is 1. The third-order valence-corrected chi connectivity index (χ3v) is 5.33.